The third kappa shape index (κ3) is 5.73. The summed E-state index contributed by atoms with van der Waals surface area (Å²) in [7, 11) is 0. The van der Waals surface area contributed by atoms with E-state index in [-0.39, 0.29) is 11.9 Å². The lowest BCUT2D eigenvalue weighted by Crippen LogP contribution is -2.42. The fourth-order valence-corrected chi connectivity index (χ4v) is 6.71. The van der Waals surface area contributed by atoms with Gasteiger partial charge in [-0.1, -0.05) is 40.0 Å². The Labute approximate surface area is 221 Å². The molecule has 1 aliphatic heterocycles. The number of aromatic carboxylic acids is 1. The summed E-state index contributed by atoms with van der Waals surface area (Å²) in [5, 5.41) is 13.5. The van der Waals surface area contributed by atoms with Crippen LogP contribution in [0.2, 0.25) is 0 Å². The summed E-state index contributed by atoms with van der Waals surface area (Å²) in [6.07, 6.45) is 13.4. The molecule has 3 fully saturated rings. The maximum absolute atomic E-state index is 12.0. The average molecular weight is 511 g/mol. The number of carboxylic acids is 1. The van der Waals surface area contributed by atoms with Crippen molar-refractivity contribution in [3.63, 3.8) is 0 Å². The molecule has 204 valence electrons. The van der Waals surface area contributed by atoms with E-state index in [1.165, 1.54) is 57.8 Å². The van der Waals surface area contributed by atoms with Crippen molar-refractivity contribution in [3.05, 3.63) is 5.82 Å². The number of nitrogens with zero attached hydrogens (tertiary/aromatic N) is 5. The van der Waals surface area contributed by atoms with Crippen molar-refractivity contribution in [1.29, 1.82) is 0 Å². The van der Waals surface area contributed by atoms with Crippen LogP contribution in [0, 0.1) is 23.7 Å². The van der Waals surface area contributed by atoms with Crippen LogP contribution in [0.25, 0.3) is 11.2 Å². The van der Waals surface area contributed by atoms with Gasteiger partial charge in [-0.15, -0.1) is 0 Å². The molecule has 2 aromatic rings. The largest absolute Gasteiger partial charge is 0.475 e. The quantitative estimate of drug-likeness (QED) is 0.405. The van der Waals surface area contributed by atoms with E-state index in [4.69, 9.17) is 4.98 Å². The molecule has 37 heavy (non-hydrogen) atoms. The first kappa shape index (κ1) is 26.2. The van der Waals surface area contributed by atoms with E-state index in [1.807, 2.05) is 0 Å². The summed E-state index contributed by atoms with van der Waals surface area (Å²) in [4.78, 5) is 28.7. The zero-order valence-corrected chi connectivity index (χ0v) is 23.2. The minimum Gasteiger partial charge on any atom is -0.475 e. The molecule has 2 unspecified atom stereocenters. The van der Waals surface area contributed by atoms with Crippen molar-refractivity contribution < 1.29 is 9.90 Å². The van der Waals surface area contributed by atoms with Gasteiger partial charge in [0.1, 0.15) is 5.52 Å². The van der Waals surface area contributed by atoms with Crippen LogP contribution in [0.5, 0.6) is 0 Å². The van der Waals surface area contributed by atoms with Crippen molar-refractivity contribution in [2.45, 2.75) is 117 Å². The molecule has 0 spiro atoms. The maximum atomic E-state index is 12.0. The Hall–Kier alpha value is -2.38. The Balaban J connectivity index is 1.60. The molecule has 0 amide bonds. The number of hydrogen-bond acceptors (Lipinski definition) is 6. The van der Waals surface area contributed by atoms with Gasteiger partial charge in [-0.05, 0) is 82.0 Å². The topological polar surface area (TPSA) is 96.2 Å². The SMILES string of the molecule is CC(C)CC1CCCCN1c1nc2nc(C(=O)O)nc(NC(C)C3CCC3)c2n1CC1CCC(C)CC1. The normalized spacial score (nSPS) is 25.9. The van der Waals surface area contributed by atoms with Crippen molar-refractivity contribution in [1.82, 2.24) is 19.5 Å². The van der Waals surface area contributed by atoms with Gasteiger partial charge in [0, 0.05) is 25.2 Å². The van der Waals surface area contributed by atoms with Gasteiger partial charge >= 0.3 is 5.97 Å². The third-order valence-electron chi connectivity index (χ3n) is 9.20. The molecule has 2 N–H and O–H groups in total. The molecule has 0 aromatic carbocycles. The Bertz CT molecular complexity index is 1090. The minimum absolute atomic E-state index is 0.170. The third-order valence-corrected chi connectivity index (χ3v) is 9.20. The van der Waals surface area contributed by atoms with Gasteiger partial charge < -0.3 is 19.9 Å². The lowest BCUT2D eigenvalue weighted by molar-refractivity contribution is 0.0684. The van der Waals surface area contributed by atoms with Gasteiger partial charge in [-0.3, -0.25) is 0 Å². The Morgan fingerprint density at radius 2 is 1.76 bits per heavy atom. The van der Waals surface area contributed by atoms with E-state index in [0.717, 1.165) is 43.3 Å². The molecule has 3 heterocycles. The smallest absolute Gasteiger partial charge is 0.374 e. The van der Waals surface area contributed by atoms with Crippen LogP contribution in [0.4, 0.5) is 11.8 Å². The number of nitrogens with one attached hydrogen (secondary N) is 1. The van der Waals surface area contributed by atoms with Crippen LogP contribution >= 0.6 is 0 Å². The van der Waals surface area contributed by atoms with Crippen LogP contribution in [-0.4, -0.2) is 49.2 Å². The fourth-order valence-electron chi connectivity index (χ4n) is 6.71. The van der Waals surface area contributed by atoms with Gasteiger partial charge in [0.25, 0.3) is 0 Å². The molecule has 5 rings (SSSR count). The van der Waals surface area contributed by atoms with Crippen LogP contribution < -0.4 is 10.2 Å². The second-order valence-electron chi connectivity index (χ2n) is 12.6. The van der Waals surface area contributed by atoms with Crippen LogP contribution in [0.1, 0.15) is 109 Å². The van der Waals surface area contributed by atoms with Gasteiger partial charge in [0.15, 0.2) is 11.5 Å². The summed E-state index contributed by atoms with van der Waals surface area (Å²) in [6.45, 7) is 11.0. The highest BCUT2D eigenvalue weighted by molar-refractivity contribution is 5.91. The van der Waals surface area contributed by atoms with E-state index in [0.29, 0.717) is 35.3 Å². The molecule has 8 heteroatoms. The number of hydrogen-bond donors (Lipinski definition) is 2. The van der Waals surface area contributed by atoms with E-state index in [1.54, 1.807) is 0 Å². The Kier molecular flexibility index (Phi) is 7.91. The Morgan fingerprint density at radius 1 is 1.00 bits per heavy atom. The van der Waals surface area contributed by atoms with Gasteiger partial charge in [0.2, 0.25) is 11.8 Å². The maximum Gasteiger partial charge on any atom is 0.374 e. The Morgan fingerprint density at radius 3 is 2.41 bits per heavy atom. The summed E-state index contributed by atoms with van der Waals surface area (Å²) in [5.41, 5.74) is 1.41. The molecule has 2 aromatic heterocycles. The molecule has 2 saturated carbocycles. The molecule has 2 aliphatic carbocycles. The lowest BCUT2D eigenvalue weighted by atomic mass is 9.80. The number of anilines is 2. The monoisotopic (exact) mass is 510 g/mol. The second kappa shape index (κ2) is 11.2. The number of carbonyl (C=O) groups is 1. The van der Waals surface area contributed by atoms with Crippen LogP contribution in [0.3, 0.4) is 0 Å². The molecule has 3 aliphatic rings. The van der Waals surface area contributed by atoms with E-state index in [2.05, 4.69) is 52.4 Å². The summed E-state index contributed by atoms with van der Waals surface area (Å²) in [5.74, 6) is 2.95. The second-order valence-corrected chi connectivity index (χ2v) is 12.6. The van der Waals surface area contributed by atoms with Crippen LogP contribution in [-0.2, 0) is 6.54 Å². The predicted molar refractivity (Wildman–Crippen MR) is 148 cm³/mol. The molecular weight excluding hydrogens is 464 g/mol. The number of aromatic nitrogens is 4. The van der Waals surface area contributed by atoms with Crippen molar-refractivity contribution >= 4 is 28.9 Å². The van der Waals surface area contributed by atoms with E-state index >= 15 is 0 Å². The molecule has 0 bridgehead atoms. The first-order valence-electron chi connectivity index (χ1n) is 14.8. The fraction of sp³-hybridized carbons (Fsp3) is 0.793. The molecule has 8 nitrogen and oxygen atoms in total. The standard InChI is InChI=1S/C29H46N6O2/c1-18(2)16-23-10-5-6-15-34(23)29-33-26-24(35(29)17-21-13-11-19(3)12-14-21)25(31-27(32-26)28(36)37)30-20(4)22-8-7-9-22/h18-23H,5-17H2,1-4H3,(H,36,37)(H,30,31,32). The highest BCUT2D eigenvalue weighted by Crippen LogP contribution is 2.37. The number of imidazole rings is 1. The molecular formula is C29H46N6O2. The van der Waals surface area contributed by atoms with Gasteiger partial charge in [0.05, 0.1) is 0 Å². The highest BCUT2D eigenvalue weighted by atomic mass is 16.4. The van der Waals surface area contributed by atoms with Crippen molar-refractivity contribution in [2.24, 2.45) is 23.7 Å². The van der Waals surface area contributed by atoms with Gasteiger partial charge in [-0.25, -0.2) is 14.8 Å². The number of rotatable bonds is 9. The van der Waals surface area contributed by atoms with Crippen molar-refractivity contribution in [3.8, 4) is 0 Å². The predicted octanol–water partition coefficient (Wildman–Crippen LogP) is 6.36. The molecule has 0 radical (unpaired) electrons. The van der Waals surface area contributed by atoms with Crippen molar-refractivity contribution in [2.75, 3.05) is 16.8 Å². The highest BCUT2D eigenvalue weighted by Gasteiger charge is 2.32. The molecule has 2 atom stereocenters. The zero-order valence-electron chi connectivity index (χ0n) is 23.2. The molecule has 1 saturated heterocycles. The zero-order chi connectivity index (χ0) is 26.1. The summed E-state index contributed by atoms with van der Waals surface area (Å²) in [6, 6.07) is 0.687. The van der Waals surface area contributed by atoms with E-state index in [9.17, 15) is 9.90 Å². The number of carboxylic acid groups (broad SMARTS) is 1. The number of piperidine rings is 1. The summed E-state index contributed by atoms with van der Waals surface area (Å²) < 4.78 is 2.37. The first-order chi connectivity index (χ1) is 17.8. The average Bonchev–Trinajstić information content (AvgIpc) is 3.17. The van der Waals surface area contributed by atoms with Crippen LogP contribution in [0.15, 0.2) is 0 Å². The first-order valence-corrected chi connectivity index (χ1v) is 14.8. The number of fused-ring (bicyclic) bond motifs is 1. The minimum atomic E-state index is -1.10. The van der Waals surface area contributed by atoms with Gasteiger partial charge in [-0.2, -0.15) is 4.98 Å². The lowest BCUT2D eigenvalue weighted by Gasteiger charge is -2.38. The summed E-state index contributed by atoms with van der Waals surface area (Å²) >= 11 is 0. The van der Waals surface area contributed by atoms with E-state index < -0.39 is 5.97 Å².